The van der Waals surface area contributed by atoms with Gasteiger partial charge in [0.2, 0.25) is 0 Å². The van der Waals surface area contributed by atoms with Crippen molar-refractivity contribution >= 4 is 35.8 Å². The Morgan fingerprint density at radius 2 is 2.05 bits per heavy atom. The molecule has 0 aliphatic heterocycles. The monoisotopic (exact) mass is 418 g/mol. The molecule has 1 rings (SSSR count). The molecule has 0 aliphatic rings. The number of carbonyl (C=O) groups excluding carboxylic acids is 1. The lowest BCUT2D eigenvalue weighted by Gasteiger charge is -2.11. The Kier molecular flexibility index (Phi) is 9.80. The zero-order chi connectivity index (χ0) is 15.8. The number of benzene rings is 1. The minimum Gasteiger partial charge on any atom is -0.370 e. The molecule has 0 saturated carbocycles. The number of nitrogens with two attached hydrogens (primary N) is 1. The number of carbonyl (C=O) groups is 1. The topological polar surface area (TPSA) is 70.7 Å². The quantitative estimate of drug-likeness (QED) is 0.423. The Labute approximate surface area is 150 Å². The summed E-state index contributed by atoms with van der Waals surface area (Å²) in [7, 11) is 3.50. The van der Waals surface area contributed by atoms with Gasteiger partial charge in [0.05, 0.1) is 0 Å². The van der Waals surface area contributed by atoms with E-state index in [-0.39, 0.29) is 29.9 Å². The van der Waals surface area contributed by atoms with Crippen molar-refractivity contribution in [1.82, 2.24) is 10.2 Å². The molecule has 124 valence electrons. The first-order chi connectivity index (χ1) is 9.90. The lowest BCUT2D eigenvalue weighted by Crippen LogP contribution is -2.33. The van der Waals surface area contributed by atoms with Crippen LogP contribution >= 0.6 is 24.0 Å². The third kappa shape index (κ3) is 7.63. The average molecular weight is 418 g/mol. The molecule has 0 radical (unpaired) electrons. The van der Waals surface area contributed by atoms with Crippen molar-refractivity contribution < 1.29 is 4.79 Å². The second-order valence-corrected chi connectivity index (χ2v) is 5.70. The van der Waals surface area contributed by atoms with Crippen LogP contribution in [-0.4, -0.2) is 44.0 Å². The molecule has 0 atom stereocenters. The number of hydrogen-bond acceptors (Lipinski definition) is 2. The molecule has 0 bridgehead atoms. The summed E-state index contributed by atoms with van der Waals surface area (Å²) >= 11 is 0. The fraction of sp³-hybridized carbons (Fsp3) is 0.500. The summed E-state index contributed by atoms with van der Waals surface area (Å²) in [6.07, 6.45) is 0.798. The van der Waals surface area contributed by atoms with Gasteiger partial charge in [-0.2, -0.15) is 0 Å². The molecule has 0 fully saturated rings. The number of nitrogens with one attached hydrogen (secondary N) is 1. The predicted octanol–water partition coefficient (Wildman–Crippen LogP) is 2.11. The van der Waals surface area contributed by atoms with E-state index in [1.165, 1.54) is 0 Å². The SMILES string of the molecule is CC(C)CN=C(N)NCCc1cccc(C(=O)N(C)C)c1.I. The standard InChI is InChI=1S/C16H26N4O.HI/c1-12(2)11-19-16(17)18-9-8-13-6-5-7-14(10-13)15(21)20(3)4;/h5-7,10,12H,8-9,11H2,1-4H3,(H3,17,18,19);1H. The first kappa shape index (κ1) is 20.7. The number of aliphatic imine (C=N–C) groups is 1. The Morgan fingerprint density at radius 3 is 2.64 bits per heavy atom. The third-order valence-electron chi connectivity index (χ3n) is 2.93. The van der Waals surface area contributed by atoms with E-state index < -0.39 is 0 Å². The van der Waals surface area contributed by atoms with Crippen LogP contribution in [0.2, 0.25) is 0 Å². The molecule has 6 heteroatoms. The molecule has 0 aromatic heterocycles. The molecule has 5 nitrogen and oxygen atoms in total. The molecule has 1 amide bonds. The molecule has 1 aromatic carbocycles. The van der Waals surface area contributed by atoms with E-state index in [0.29, 0.717) is 24.0 Å². The van der Waals surface area contributed by atoms with Gasteiger partial charge in [0.1, 0.15) is 0 Å². The van der Waals surface area contributed by atoms with Crippen LogP contribution in [-0.2, 0) is 6.42 Å². The van der Waals surface area contributed by atoms with Gasteiger partial charge in [-0.25, -0.2) is 0 Å². The van der Waals surface area contributed by atoms with E-state index >= 15 is 0 Å². The van der Waals surface area contributed by atoms with Gasteiger partial charge in [-0.1, -0.05) is 26.0 Å². The fourth-order valence-electron chi connectivity index (χ4n) is 1.79. The highest BCUT2D eigenvalue weighted by Crippen LogP contribution is 2.07. The highest BCUT2D eigenvalue weighted by molar-refractivity contribution is 14.0. The van der Waals surface area contributed by atoms with E-state index in [4.69, 9.17) is 5.73 Å². The summed E-state index contributed by atoms with van der Waals surface area (Å²) in [5, 5.41) is 3.09. The van der Waals surface area contributed by atoms with Crippen molar-refractivity contribution in [2.75, 3.05) is 27.2 Å². The Balaban J connectivity index is 0.00000441. The summed E-state index contributed by atoms with van der Waals surface area (Å²) < 4.78 is 0. The van der Waals surface area contributed by atoms with Gasteiger partial charge in [-0.15, -0.1) is 24.0 Å². The van der Waals surface area contributed by atoms with Gasteiger partial charge in [0.15, 0.2) is 5.96 Å². The highest BCUT2D eigenvalue weighted by atomic mass is 127. The molecule has 0 aliphatic carbocycles. The third-order valence-corrected chi connectivity index (χ3v) is 2.93. The van der Waals surface area contributed by atoms with Crippen LogP contribution in [0.4, 0.5) is 0 Å². The maximum absolute atomic E-state index is 11.9. The maximum atomic E-state index is 11.9. The second-order valence-electron chi connectivity index (χ2n) is 5.70. The van der Waals surface area contributed by atoms with Crippen molar-refractivity contribution in [3.05, 3.63) is 35.4 Å². The predicted molar refractivity (Wildman–Crippen MR) is 103 cm³/mol. The molecule has 0 saturated heterocycles. The van der Waals surface area contributed by atoms with Crippen molar-refractivity contribution in [1.29, 1.82) is 0 Å². The average Bonchev–Trinajstić information content (AvgIpc) is 2.44. The summed E-state index contributed by atoms with van der Waals surface area (Å²) in [6.45, 7) is 5.63. The number of hydrogen-bond donors (Lipinski definition) is 2. The maximum Gasteiger partial charge on any atom is 0.253 e. The van der Waals surface area contributed by atoms with Crippen LogP contribution in [0.3, 0.4) is 0 Å². The smallest absolute Gasteiger partial charge is 0.253 e. The summed E-state index contributed by atoms with van der Waals surface area (Å²) in [5.41, 5.74) is 7.59. The number of halogens is 1. The zero-order valence-electron chi connectivity index (χ0n) is 13.8. The van der Waals surface area contributed by atoms with Gasteiger partial charge in [-0.3, -0.25) is 9.79 Å². The molecule has 22 heavy (non-hydrogen) atoms. The van der Waals surface area contributed by atoms with E-state index in [1.54, 1.807) is 19.0 Å². The lowest BCUT2D eigenvalue weighted by molar-refractivity contribution is 0.0827. The minimum atomic E-state index is 0. The van der Waals surface area contributed by atoms with Gasteiger partial charge < -0.3 is 16.0 Å². The van der Waals surface area contributed by atoms with Crippen molar-refractivity contribution in [3.63, 3.8) is 0 Å². The first-order valence-electron chi connectivity index (χ1n) is 7.24. The molecular formula is C16H27IN4O. The minimum absolute atomic E-state index is 0. The number of nitrogens with zero attached hydrogens (tertiary/aromatic N) is 2. The van der Waals surface area contributed by atoms with Gasteiger partial charge >= 0.3 is 0 Å². The Morgan fingerprint density at radius 1 is 1.36 bits per heavy atom. The van der Waals surface area contributed by atoms with Crippen LogP contribution in [0, 0.1) is 5.92 Å². The van der Waals surface area contributed by atoms with Crippen LogP contribution in [0.5, 0.6) is 0 Å². The molecular weight excluding hydrogens is 391 g/mol. The largest absolute Gasteiger partial charge is 0.370 e. The van der Waals surface area contributed by atoms with Gasteiger partial charge in [0, 0.05) is 32.7 Å². The number of amides is 1. The zero-order valence-corrected chi connectivity index (χ0v) is 16.1. The molecule has 3 N–H and O–H groups in total. The number of guanidine groups is 1. The van der Waals surface area contributed by atoms with Crippen molar-refractivity contribution in [2.45, 2.75) is 20.3 Å². The van der Waals surface area contributed by atoms with Gasteiger partial charge in [-0.05, 0) is 30.0 Å². The van der Waals surface area contributed by atoms with E-state index in [0.717, 1.165) is 18.5 Å². The van der Waals surface area contributed by atoms with Crippen molar-refractivity contribution in [3.8, 4) is 0 Å². The van der Waals surface area contributed by atoms with Crippen LogP contribution in [0.15, 0.2) is 29.3 Å². The van der Waals surface area contributed by atoms with Crippen LogP contribution in [0.25, 0.3) is 0 Å². The molecule has 0 spiro atoms. The normalized spacial score (nSPS) is 11.0. The van der Waals surface area contributed by atoms with Gasteiger partial charge in [0.25, 0.3) is 5.91 Å². The summed E-state index contributed by atoms with van der Waals surface area (Å²) in [4.78, 5) is 17.7. The van der Waals surface area contributed by atoms with E-state index in [1.807, 2.05) is 24.3 Å². The second kappa shape index (κ2) is 10.4. The Bertz CT molecular complexity index is 501. The molecule has 0 heterocycles. The van der Waals surface area contributed by atoms with E-state index in [2.05, 4.69) is 24.2 Å². The summed E-state index contributed by atoms with van der Waals surface area (Å²) in [5.74, 6) is 0.992. The summed E-state index contributed by atoms with van der Waals surface area (Å²) in [6, 6.07) is 7.67. The van der Waals surface area contributed by atoms with Crippen LogP contribution < -0.4 is 11.1 Å². The van der Waals surface area contributed by atoms with E-state index in [9.17, 15) is 4.79 Å². The number of rotatable bonds is 6. The first-order valence-corrected chi connectivity index (χ1v) is 7.24. The lowest BCUT2D eigenvalue weighted by atomic mass is 10.1. The molecule has 1 aromatic rings. The highest BCUT2D eigenvalue weighted by Gasteiger charge is 2.07. The Hall–Kier alpha value is -1.31. The fourth-order valence-corrected chi connectivity index (χ4v) is 1.79. The van der Waals surface area contributed by atoms with Crippen LogP contribution in [0.1, 0.15) is 29.8 Å². The molecule has 0 unspecified atom stereocenters. The van der Waals surface area contributed by atoms with Crippen molar-refractivity contribution in [2.24, 2.45) is 16.6 Å².